The van der Waals surface area contributed by atoms with Crippen molar-refractivity contribution in [3.63, 3.8) is 0 Å². The summed E-state index contributed by atoms with van der Waals surface area (Å²) in [5, 5.41) is 7.86. The fourth-order valence-corrected chi connectivity index (χ4v) is 2.64. The maximum absolute atomic E-state index is 5.30. The third kappa shape index (κ3) is 5.57. The van der Waals surface area contributed by atoms with Crippen LogP contribution in [0.15, 0.2) is 47.6 Å². The number of hydrogen-bond acceptors (Lipinski definition) is 3. The maximum atomic E-state index is 5.30. The summed E-state index contributed by atoms with van der Waals surface area (Å²) in [5.74, 6) is 0. The molecular weight excluding hydrogens is 328 g/mol. The van der Waals surface area contributed by atoms with E-state index in [0.717, 1.165) is 24.2 Å². The Morgan fingerprint density at radius 2 is 1.88 bits per heavy atom. The van der Waals surface area contributed by atoms with E-state index in [0.29, 0.717) is 5.11 Å². The monoisotopic (exact) mass is 354 g/mol. The van der Waals surface area contributed by atoms with Crippen molar-refractivity contribution in [3.8, 4) is 0 Å². The molecule has 0 aromatic heterocycles. The highest BCUT2D eigenvalue weighted by Crippen LogP contribution is 2.17. The third-order valence-electron chi connectivity index (χ3n) is 4.13. The van der Waals surface area contributed by atoms with Gasteiger partial charge in [-0.1, -0.05) is 31.2 Å². The van der Waals surface area contributed by atoms with Gasteiger partial charge in [-0.25, -0.2) is 0 Å². The van der Waals surface area contributed by atoms with Crippen LogP contribution in [0.25, 0.3) is 0 Å². The lowest BCUT2D eigenvalue weighted by molar-refractivity contribution is 0.852. The van der Waals surface area contributed by atoms with Crippen molar-refractivity contribution in [1.82, 2.24) is 5.43 Å². The van der Waals surface area contributed by atoms with Crippen LogP contribution in [-0.4, -0.2) is 24.9 Å². The Balaban J connectivity index is 1.90. The van der Waals surface area contributed by atoms with Gasteiger partial charge in [0.1, 0.15) is 0 Å². The molecule has 5 heteroatoms. The molecule has 0 fully saturated rings. The lowest BCUT2D eigenvalue weighted by atomic mass is 10.1. The number of aryl methyl sites for hydroxylation is 1. The van der Waals surface area contributed by atoms with Gasteiger partial charge < -0.3 is 10.2 Å². The van der Waals surface area contributed by atoms with Gasteiger partial charge in [0.05, 0.1) is 6.21 Å². The molecule has 2 rings (SSSR count). The number of rotatable bonds is 6. The first-order valence-corrected chi connectivity index (χ1v) is 8.89. The van der Waals surface area contributed by atoms with Crippen LogP contribution in [0.3, 0.4) is 0 Å². The molecule has 0 unspecified atom stereocenters. The summed E-state index contributed by atoms with van der Waals surface area (Å²) in [6.07, 6.45) is 2.90. The van der Waals surface area contributed by atoms with E-state index in [2.05, 4.69) is 66.8 Å². The van der Waals surface area contributed by atoms with Crippen molar-refractivity contribution in [2.24, 2.45) is 5.10 Å². The van der Waals surface area contributed by atoms with Gasteiger partial charge in [0.2, 0.25) is 0 Å². The van der Waals surface area contributed by atoms with Gasteiger partial charge in [0, 0.05) is 25.0 Å². The number of benzene rings is 2. The average Bonchev–Trinajstić information content (AvgIpc) is 2.60. The highest BCUT2D eigenvalue weighted by atomic mass is 32.1. The summed E-state index contributed by atoms with van der Waals surface area (Å²) in [7, 11) is 2.10. The molecule has 2 N–H and O–H groups in total. The van der Waals surface area contributed by atoms with Crippen molar-refractivity contribution in [2.45, 2.75) is 27.2 Å². The first-order chi connectivity index (χ1) is 12.0. The topological polar surface area (TPSA) is 39.7 Å². The molecule has 4 nitrogen and oxygen atoms in total. The van der Waals surface area contributed by atoms with E-state index in [-0.39, 0.29) is 0 Å². The summed E-state index contributed by atoms with van der Waals surface area (Å²) >= 11 is 5.30. The molecule has 0 aliphatic heterocycles. The van der Waals surface area contributed by atoms with Gasteiger partial charge >= 0.3 is 0 Å². The molecular formula is C20H26N4S. The minimum absolute atomic E-state index is 0.476. The summed E-state index contributed by atoms with van der Waals surface area (Å²) in [4.78, 5) is 2.24. The number of hydrogen-bond donors (Lipinski definition) is 2. The number of anilines is 2. The van der Waals surface area contributed by atoms with Gasteiger partial charge in [0.25, 0.3) is 0 Å². The van der Waals surface area contributed by atoms with E-state index in [1.54, 1.807) is 6.21 Å². The quantitative estimate of drug-likeness (QED) is 0.456. The van der Waals surface area contributed by atoms with Crippen molar-refractivity contribution in [1.29, 1.82) is 0 Å². The van der Waals surface area contributed by atoms with Crippen LogP contribution in [0.5, 0.6) is 0 Å². The summed E-state index contributed by atoms with van der Waals surface area (Å²) in [6.45, 7) is 7.38. The fourth-order valence-electron chi connectivity index (χ4n) is 2.48. The fraction of sp³-hybridized carbons (Fsp3) is 0.300. The Morgan fingerprint density at radius 3 is 2.56 bits per heavy atom. The van der Waals surface area contributed by atoms with Gasteiger partial charge in [0.15, 0.2) is 5.11 Å². The summed E-state index contributed by atoms with van der Waals surface area (Å²) in [6, 6.07) is 14.4. The van der Waals surface area contributed by atoms with Crippen LogP contribution in [0.4, 0.5) is 11.4 Å². The number of nitrogens with one attached hydrogen (secondary N) is 2. The van der Waals surface area contributed by atoms with Crippen molar-refractivity contribution < 1.29 is 0 Å². The molecule has 0 heterocycles. The zero-order chi connectivity index (χ0) is 18.2. The molecule has 25 heavy (non-hydrogen) atoms. The standard InChI is InChI=1S/C20H26N4S/c1-5-13-24(4)18-11-9-17(10-12-18)14-21-23-20(25)22-19-8-6-7-15(2)16(19)3/h6-12,14H,5,13H2,1-4H3,(H2,22,23,25)/b21-14+. The molecule has 0 aliphatic rings. The average molecular weight is 355 g/mol. The Bertz CT molecular complexity index is 738. The maximum Gasteiger partial charge on any atom is 0.191 e. The highest BCUT2D eigenvalue weighted by Gasteiger charge is 2.02. The number of nitrogens with zero attached hydrogens (tertiary/aromatic N) is 2. The third-order valence-corrected chi connectivity index (χ3v) is 4.32. The second-order valence-electron chi connectivity index (χ2n) is 6.08. The Kier molecular flexibility index (Phi) is 6.95. The molecule has 132 valence electrons. The van der Waals surface area contributed by atoms with Crippen molar-refractivity contribution >= 4 is 34.9 Å². The zero-order valence-corrected chi connectivity index (χ0v) is 16.2. The van der Waals surface area contributed by atoms with E-state index in [1.807, 2.05) is 24.3 Å². The van der Waals surface area contributed by atoms with Gasteiger partial charge in [-0.2, -0.15) is 5.10 Å². The normalized spacial score (nSPS) is 10.7. The van der Waals surface area contributed by atoms with E-state index >= 15 is 0 Å². The van der Waals surface area contributed by atoms with Gasteiger partial charge in [-0.3, -0.25) is 5.43 Å². The minimum atomic E-state index is 0.476. The smallest absolute Gasteiger partial charge is 0.191 e. The number of hydrazone groups is 1. The SMILES string of the molecule is CCCN(C)c1ccc(/C=N/NC(=S)Nc2cccc(C)c2C)cc1. The summed E-state index contributed by atoms with van der Waals surface area (Å²) < 4.78 is 0. The first-order valence-electron chi connectivity index (χ1n) is 8.48. The molecule has 0 radical (unpaired) electrons. The Morgan fingerprint density at radius 1 is 1.16 bits per heavy atom. The van der Waals surface area contributed by atoms with Gasteiger partial charge in [-0.15, -0.1) is 0 Å². The molecule has 2 aromatic carbocycles. The van der Waals surface area contributed by atoms with Crippen molar-refractivity contribution in [3.05, 3.63) is 59.2 Å². The first kappa shape index (κ1) is 18.9. The van der Waals surface area contributed by atoms with E-state index in [9.17, 15) is 0 Å². The lowest BCUT2D eigenvalue weighted by Crippen LogP contribution is -2.24. The van der Waals surface area contributed by atoms with E-state index < -0.39 is 0 Å². The van der Waals surface area contributed by atoms with Crippen LogP contribution >= 0.6 is 12.2 Å². The molecule has 0 atom stereocenters. The van der Waals surface area contributed by atoms with Crippen LogP contribution in [0, 0.1) is 13.8 Å². The van der Waals surface area contributed by atoms with E-state index in [1.165, 1.54) is 16.8 Å². The zero-order valence-electron chi connectivity index (χ0n) is 15.3. The molecule has 0 amide bonds. The predicted molar refractivity (Wildman–Crippen MR) is 113 cm³/mol. The highest BCUT2D eigenvalue weighted by molar-refractivity contribution is 7.80. The molecule has 0 aliphatic carbocycles. The molecule has 0 bridgehead atoms. The van der Waals surface area contributed by atoms with Gasteiger partial charge in [-0.05, 0) is 67.4 Å². The molecule has 2 aromatic rings. The Hall–Kier alpha value is -2.40. The second-order valence-corrected chi connectivity index (χ2v) is 6.49. The largest absolute Gasteiger partial charge is 0.375 e. The molecule has 0 saturated carbocycles. The van der Waals surface area contributed by atoms with Crippen LogP contribution < -0.4 is 15.6 Å². The molecule has 0 saturated heterocycles. The number of thiocarbonyl (C=S) groups is 1. The van der Waals surface area contributed by atoms with Crippen LogP contribution in [0.1, 0.15) is 30.0 Å². The van der Waals surface area contributed by atoms with E-state index in [4.69, 9.17) is 12.2 Å². The van der Waals surface area contributed by atoms with Crippen molar-refractivity contribution in [2.75, 3.05) is 23.8 Å². The second kappa shape index (κ2) is 9.18. The summed E-state index contributed by atoms with van der Waals surface area (Å²) in [5.41, 5.74) is 8.50. The molecule has 0 spiro atoms. The predicted octanol–water partition coefficient (Wildman–Crippen LogP) is 4.47. The Labute approximate surface area is 155 Å². The van der Waals surface area contributed by atoms with Crippen LogP contribution in [-0.2, 0) is 0 Å². The minimum Gasteiger partial charge on any atom is -0.375 e. The van der Waals surface area contributed by atoms with Crippen LogP contribution in [0.2, 0.25) is 0 Å². The lowest BCUT2D eigenvalue weighted by Gasteiger charge is -2.18.